The van der Waals surface area contributed by atoms with E-state index >= 15 is 0 Å². The van der Waals surface area contributed by atoms with Gasteiger partial charge in [-0.3, -0.25) is 4.79 Å². The molecule has 2 bridgehead atoms. The molecule has 0 aliphatic carbocycles. The third-order valence-corrected chi connectivity index (χ3v) is 5.72. The molecule has 3 heterocycles. The number of ether oxygens (including phenoxy) is 3. The molecule has 3 rings (SSSR count). The zero-order chi connectivity index (χ0) is 20.1. The van der Waals surface area contributed by atoms with Crippen molar-refractivity contribution in [2.45, 2.75) is 58.0 Å². The standard InChI is InChI=1S/C20H24O7/c1-6-9(2)18(23)26-16-15-11(4)19(24)25-13(15)7-10(3)12-8-14(21)20(5,27-12)17(16)22/h6,8,10,13,15-17,22H,4,7H2,1-3,5H3. The Morgan fingerprint density at radius 3 is 2.74 bits per heavy atom. The Bertz CT molecular complexity index is 777. The topological polar surface area (TPSA) is 99.1 Å². The molecule has 6 atom stereocenters. The molecular weight excluding hydrogens is 352 g/mol. The summed E-state index contributed by atoms with van der Waals surface area (Å²) < 4.78 is 16.8. The lowest BCUT2D eigenvalue weighted by molar-refractivity contribution is -0.176. The normalized spacial score (nSPS) is 38.9. The lowest BCUT2D eigenvalue weighted by Gasteiger charge is -2.36. The van der Waals surface area contributed by atoms with Gasteiger partial charge in [-0.2, -0.15) is 0 Å². The molecule has 0 aromatic rings. The second-order valence-electron chi connectivity index (χ2n) is 7.54. The van der Waals surface area contributed by atoms with Gasteiger partial charge in [-0.05, 0) is 27.2 Å². The molecule has 0 amide bonds. The van der Waals surface area contributed by atoms with Crippen molar-refractivity contribution in [1.82, 2.24) is 0 Å². The predicted molar refractivity (Wildman–Crippen MR) is 94.2 cm³/mol. The number of hydrogen-bond donors (Lipinski definition) is 1. The van der Waals surface area contributed by atoms with Gasteiger partial charge in [0.25, 0.3) is 0 Å². The van der Waals surface area contributed by atoms with E-state index < -0.39 is 47.6 Å². The maximum Gasteiger partial charge on any atom is 0.334 e. The van der Waals surface area contributed by atoms with Crippen LogP contribution in [0.5, 0.6) is 0 Å². The second kappa shape index (κ2) is 6.64. The van der Waals surface area contributed by atoms with Crippen molar-refractivity contribution in [2.75, 3.05) is 0 Å². The third-order valence-electron chi connectivity index (χ3n) is 5.72. The van der Waals surface area contributed by atoms with Gasteiger partial charge in [0.05, 0.1) is 5.92 Å². The first-order valence-corrected chi connectivity index (χ1v) is 8.97. The largest absolute Gasteiger partial charge is 0.480 e. The number of fused-ring (bicyclic) bond motifs is 3. The fraction of sp³-hybridized carbons (Fsp3) is 0.550. The van der Waals surface area contributed by atoms with E-state index in [1.54, 1.807) is 19.9 Å². The lowest BCUT2D eigenvalue weighted by atomic mass is 9.78. The van der Waals surface area contributed by atoms with E-state index in [4.69, 9.17) is 14.2 Å². The summed E-state index contributed by atoms with van der Waals surface area (Å²) in [5, 5.41) is 11.1. The van der Waals surface area contributed by atoms with Crippen LogP contribution in [-0.4, -0.2) is 46.7 Å². The summed E-state index contributed by atoms with van der Waals surface area (Å²) in [7, 11) is 0. The summed E-state index contributed by atoms with van der Waals surface area (Å²) in [6.45, 7) is 10.3. The van der Waals surface area contributed by atoms with Crippen LogP contribution in [0.2, 0.25) is 0 Å². The molecule has 7 nitrogen and oxygen atoms in total. The van der Waals surface area contributed by atoms with Crippen LogP contribution in [0.25, 0.3) is 0 Å². The number of rotatable bonds is 2. The summed E-state index contributed by atoms with van der Waals surface area (Å²) in [5.41, 5.74) is -1.16. The van der Waals surface area contributed by atoms with E-state index in [0.717, 1.165) is 0 Å². The molecule has 0 spiro atoms. The second-order valence-corrected chi connectivity index (χ2v) is 7.54. The Morgan fingerprint density at radius 1 is 1.44 bits per heavy atom. The van der Waals surface area contributed by atoms with E-state index in [-0.39, 0.29) is 11.5 Å². The van der Waals surface area contributed by atoms with Crippen molar-refractivity contribution < 1.29 is 33.7 Å². The van der Waals surface area contributed by atoms with Gasteiger partial charge in [-0.1, -0.05) is 19.6 Å². The van der Waals surface area contributed by atoms with Crippen LogP contribution in [0.4, 0.5) is 0 Å². The molecule has 2 fully saturated rings. The van der Waals surface area contributed by atoms with Crippen LogP contribution >= 0.6 is 0 Å². The average molecular weight is 376 g/mol. The molecule has 6 unspecified atom stereocenters. The van der Waals surface area contributed by atoms with Crippen molar-refractivity contribution in [3.8, 4) is 0 Å². The van der Waals surface area contributed by atoms with Crippen LogP contribution in [0, 0.1) is 11.8 Å². The lowest BCUT2D eigenvalue weighted by Crippen LogP contribution is -2.55. The molecule has 3 aliphatic rings. The highest BCUT2D eigenvalue weighted by atomic mass is 16.6. The summed E-state index contributed by atoms with van der Waals surface area (Å²) in [6.07, 6.45) is -0.0718. The van der Waals surface area contributed by atoms with E-state index in [1.807, 2.05) is 6.92 Å². The SMILES string of the molecule is C=C1C(=O)OC2CC(C)C3=CC(=O)C(C)(O3)C(O)C(OC(=O)C(C)=CC)C12. The number of carbonyl (C=O) groups excluding carboxylic acids is 3. The molecule has 0 saturated carbocycles. The fourth-order valence-corrected chi connectivity index (χ4v) is 3.74. The van der Waals surface area contributed by atoms with Gasteiger partial charge in [0.1, 0.15) is 24.1 Å². The Kier molecular flexibility index (Phi) is 4.76. The summed E-state index contributed by atoms with van der Waals surface area (Å²) in [5.74, 6) is -2.22. The Balaban J connectivity index is 2.08. The molecule has 2 saturated heterocycles. The highest BCUT2D eigenvalue weighted by Crippen LogP contribution is 2.44. The number of allylic oxidation sites excluding steroid dienone is 2. The fourth-order valence-electron chi connectivity index (χ4n) is 3.74. The molecule has 0 radical (unpaired) electrons. The molecule has 1 N–H and O–H groups in total. The minimum atomic E-state index is -1.61. The van der Waals surface area contributed by atoms with Crippen LogP contribution in [0.15, 0.2) is 35.6 Å². The first-order chi connectivity index (χ1) is 12.6. The van der Waals surface area contributed by atoms with Gasteiger partial charge in [0.15, 0.2) is 5.60 Å². The summed E-state index contributed by atoms with van der Waals surface area (Å²) >= 11 is 0. The molecule has 0 aromatic carbocycles. The maximum absolute atomic E-state index is 12.6. The van der Waals surface area contributed by atoms with Crippen LogP contribution in [0.3, 0.4) is 0 Å². The number of hydrogen-bond acceptors (Lipinski definition) is 7. The van der Waals surface area contributed by atoms with Crippen LogP contribution < -0.4 is 0 Å². The summed E-state index contributed by atoms with van der Waals surface area (Å²) in [6, 6.07) is 0. The minimum Gasteiger partial charge on any atom is -0.480 e. The zero-order valence-corrected chi connectivity index (χ0v) is 15.9. The Morgan fingerprint density at radius 2 is 2.11 bits per heavy atom. The van der Waals surface area contributed by atoms with E-state index in [2.05, 4.69) is 6.58 Å². The highest BCUT2D eigenvalue weighted by molar-refractivity contribution is 6.00. The number of carbonyl (C=O) groups is 3. The quantitative estimate of drug-likeness (QED) is 0.577. The molecule has 7 heteroatoms. The molecular formula is C20H24O7. The highest BCUT2D eigenvalue weighted by Gasteiger charge is 2.58. The first kappa shape index (κ1) is 19.4. The number of aliphatic hydroxyl groups excluding tert-OH is 1. The van der Waals surface area contributed by atoms with Crippen LogP contribution in [-0.2, 0) is 28.6 Å². The van der Waals surface area contributed by atoms with Gasteiger partial charge >= 0.3 is 11.9 Å². The minimum absolute atomic E-state index is 0.116. The Hall–Kier alpha value is -2.41. The molecule has 146 valence electrons. The van der Waals surface area contributed by atoms with Gasteiger partial charge in [-0.15, -0.1) is 0 Å². The van der Waals surface area contributed by atoms with Crippen molar-refractivity contribution in [3.63, 3.8) is 0 Å². The van der Waals surface area contributed by atoms with Gasteiger partial charge in [0.2, 0.25) is 5.78 Å². The van der Waals surface area contributed by atoms with Crippen molar-refractivity contribution >= 4 is 17.7 Å². The molecule has 27 heavy (non-hydrogen) atoms. The van der Waals surface area contributed by atoms with Gasteiger partial charge in [0, 0.05) is 23.1 Å². The zero-order valence-electron chi connectivity index (χ0n) is 15.9. The summed E-state index contributed by atoms with van der Waals surface area (Å²) in [4.78, 5) is 37.1. The van der Waals surface area contributed by atoms with E-state index in [1.165, 1.54) is 13.0 Å². The monoisotopic (exact) mass is 376 g/mol. The van der Waals surface area contributed by atoms with Crippen molar-refractivity contribution in [3.05, 3.63) is 35.6 Å². The number of aliphatic hydroxyl groups is 1. The van der Waals surface area contributed by atoms with Crippen molar-refractivity contribution in [1.29, 1.82) is 0 Å². The molecule has 0 aromatic heterocycles. The number of ketones is 1. The Labute approximate surface area is 157 Å². The van der Waals surface area contributed by atoms with Gasteiger partial charge < -0.3 is 19.3 Å². The third kappa shape index (κ3) is 3.00. The van der Waals surface area contributed by atoms with Gasteiger partial charge in [-0.25, -0.2) is 9.59 Å². The maximum atomic E-state index is 12.6. The molecule has 3 aliphatic heterocycles. The smallest absolute Gasteiger partial charge is 0.334 e. The van der Waals surface area contributed by atoms with E-state index in [0.29, 0.717) is 17.8 Å². The average Bonchev–Trinajstić information content (AvgIpc) is 3.08. The first-order valence-electron chi connectivity index (χ1n) is 8.97. The number of esters is 2. The predicted octanol–water partition coefficient (Wildman–Crippen LogP) is 1.60. The van der Waals surface area contributed by atoms with E-state index in [9.17, 15) is 19.5 Å². The van der Waals surface area contributed by atoms with Crippen LogP contribution in [0.1, 0.15) is 34.1 Å². The van der Waals surface area contributed by atoms with Crippen molar-refractivity contribution in [2.24, 2.45) is 11.8 Å².